The fourth-order valence-corrected chi connectivity index (χ4v) is 0.351. The molecule has 0 aliphatic rings. The van der Waals surface area contributed by atoms with E-state index in [1.54, 1.807) is 0 Å². The molecule has 0 rings (SSSR count). The summed E-state index contributed by atoms with van der Waals surface area (Å²) in [4.78, 5) is 20.1. The largest absolute Gasteiger partial charge is 0.329 e. The third-order valence-corrected chi connectivity index (χ3v) is 0.665. The minimum Gasteiger partial charge on any atom is -0.329 e. The molecule has 5 heteroatoms. The smallest absolute Gasteiger partial charge is 0.137 e. The first-order valence-corrected chi connectivity index (χ1v) is 3.43. The van der Waals surface area contributed by atoms with Crippen molar-refractivity contribution in [2.45, 2.75) is 20.3 Å². The van der Waals surface area contributed by atoms with Gasteiger partial charge in [0, 0.05) is 29.9 Å². The van der Waals surface area contributed by atoms with Crippen LogP contribution in [0.25, 0.3) is 0 Å². The summed E-state index contributed by atoms with van der Waals surface area (Å²) in [5.74, 6) is -0.125. The summed E-state index contributed by atoms with van der Waals surface area (Å²) >= 11 is 0. The Kier molecular flexibility index (Phi) is 19.8. The van der Waals surface area contributed by atoms with Crippen LogP contribution in [0.2, 0.25) is 0 Å². The molecule has 0 aromatic rings. The van der Waals surface area contributed by atoms with E-state index >= 15 is 0 Å². The van der Waals surface area contributed by atoms with Crippen LogP contribution in [-0.2, 0) is 26.4 Å². The zero-order chi connectivity index (χ0) is 9.28. The molecule has 0 aromatic heterocycles. The number of Topliss-reactive ketones (excluding diaryl/α,β-unsaturated/α-hetero) is 2. The predicted octanol–water partition coefficient (Wildman–Crippen LogP) is -0.544. The first-order valence-electron chi connectivity index (χ1n) is 3.43. The first kappa shape index (κ1) is 17.7. The van der Waals surface area contributed by atoms with Crippen molar-refractivity contribution in [3.05, 3.63) is 0 Å². The molecule has 0 unspecified atom stereocenters. The molecule has 0 bridgehead atoms. The van der Waals surface area contributed by atoms with Gasteiger partial charge in [-0.25, -0.2) is 0 Å². The van der Waals surface area contributed by atoms with Crippen molar-refractivity contribution in [2.75, 3.05) is 13.1 Å². The van der Waals surface area contributed by atoms with Gasteiger partial charge in [-0.3, -0.25) is 9.59 Å². The average Bonchev–Trinajstić information content (AvgIpc) is 1.85. The number of nitrogens with two attached hydrogens (primary N) is 2. The molecular weight excluding hydrogens is 203 g/mol. The van der Waals surface area contributed by atoms with Crippen molar-refractivity contribution in [2.24, 2.45) is 11.5 Å². The maximum atomic E-state index is 10.0. The van der Waals surface area contributed by atoms with E-state index in [-0.39, 0.29) is 34.8 Å². The fraction of sp³-hybridized carbons (Fsp3) is 0.714. The van der Waals surface area contributed by atoms with Crippen molar-refractivity contribution >= 4 is 11.6 Å². The van der Waals surface area contributed by atoms with Crippen LogP contribution in [0.5, 0.6) is 0 Å². The quantitative estimate of drug-likeness (QED) is 0.624. The second-order valence-corrected chi connectivity index (χ2v) is 2.16. The third-order valence-electron chi connectivity index (χ3n) is 0.665. The normalized spacial score (nSPS) is 7.33. The standard InChI is InChI=1S/C5H8O2.C2H8N2.Co/c1-4(6)3-5(2)7;3-1-2-4;/h3H2,1-2H3;1-4H2;. The predicted molar refractivity (Wildman–Crippen MR) is 44.1 cm³/mol. The number of rotatable bonds is 3. The van der Waals surface area contributed by atoms with E-state index in [9.17, 15) is 9.59 Å². The molecule has 75 valence electrons. The van der Waals surface area contributed by atoms with E-state index in [0.29, 0.717) is 13.1 Å². The van der Waals surface area contributed by atoms with Crippen molar-refractivity contribution in [3.8, 4) is 0 Å². The molecule has 0 atom stereocenters. The summed E-state index contributed by atoms with van der Waals surface area (Å²) in [7, 11) is 0. The maximum Gasteiger partial charge on any atom is 0.137 e. The van der Waals surface area contributed by atoms with E-state index in [1.807, 2.05) is 0 Å². The van der Waals surface area contributed by atoms with E-state index in [4.69, 9.17) is 11.5 Å². The van der Waals surface area contributed by atoms with Gasteiger partial charge >= 0.3 is 0 Å². The molecule has 4 nitrogen and oxygen atoms in total. The number of carbonyl (C=O) groups is 2. The number of carbonyl (C=O) groups excluding carboxylic acids is 2. The van der Waals surface area contributed by atoms with Gasteiger partial charge in [-0.1, -0.05) is 0 Å². The minimum atomic E-state index is -0.0625. The van der Waals surface area contributed by atoms with Crippen molar-refractivity contribution < 1.29 is 26.4 Å². The Balaban J connectivity index is -0.000000142. The number of hydrogen-bond acceptors (Lipinski definition) is 4. The van der Waals surface area contributed by atoms with E-state index < -0.39 is 0 Å². The van der Waals surface area contributed by atoms with Gasteiger partial charge in [-0.2, -0.15) is 0 Å². The molecule has 0 heterocycles. The van der Waals surface area contributed by atoms with Gasteiger partial charge in [0.2, 0.25) is 0 Å². The second kappa shape index (κ2) is 13.4. The molecular formula is C7H16CoN2O2. The summed E-state index contributed by atoms with van der Waals surface area (Å²) in [6.45, 7) is 4.00. The minimum absolute atomic E-state index is 0. The Hall–Kier alpha value is -0.234. The summed E-state index contributed by atoms with van der Waals surface area (Å²) in [6.07, 6.45) is 0.0833. The van der Waals surface area contributed by atoms with E-state index in [2.05, 4.69) is 0 Å². The molecule has 4 N–H and O–H groups in total. The zero-order valence-electron chi connectivity index (χ0n) is 7.43. The Morgan fingerprint density at radius 3 is 1.25 bits per heavy atom. The summed E-state index contributed by atoms with van der Waals surface area (Å²) in [6, 6.07) is 0. The van der Waals surface area contributed by atoms with Gasteiger partial charge in [-0.15, -0.1) is 0 Å². The first-order chi connectivity index (χ1) is 5.04. The van der Waals surface area contributed by atoms with Crippen LogP contribution in [0, 0.1) is 0 Å². The van der Waals surface area contributed by atoms with Crippen LogP contribution in [-0.4, -0.2) is 24.7 Å². The van der Waals surface area contributed by atoms with Crippen LogP contribution in [0.4, 0.5) is 0 Å². The SMILES string of the molecule is CC(=O)CC(C)=O.NCCN.[Co]. The molecule has 0 amide bonds. The molecule has 0 aliphatic heterocycles. The second-order valence-electron chi connectivity index (χ2n) is 2.16. The molecule has 0 fully saturated rings. The molecule has 1 radical (unpaired) electrons. The number of ketones is 2. The zero-order valence-corrected chi connectivity index (χ0v) is 8.47. The molecule has 12 heavy (non-hydrogen) atoms. The van der Waals surface area contributed by atoms with Gasteiger partial charge in [0.15, 0.2) is 0 Å². The summed E-state index contributed by atoms with van der Waals surface area (Å²) in [5.41, 5.74) is 9.81. The van der Waals surface area contributed by atoms with E-state index in [1.165, 1.54) is 13.8 Å². The van der Waals surface area contributed by atoms with Crippen molar-refractivity contribution in [1.29, 1.82) is 0 Å². The summed E-state index contributed by atoms with van der Waals surface area (Å²) in [5, 5.41) is 0. The van der Waals surface area contributed by atoms with Crippen LogP contribution >= 0.6 is 0 Å². The average molecular weight is 219 g/mol. The topological polar surface area (TPSA) is 86.2 Å². The van der Waals surface area contributed by atoms with Gasteiger partial charge in [0.05, 0.1) is 6.42 Å². The van der Waals surface area contributed by atoms with Crippen LogP contribution in [0.3, 0.4) is 0 Å². The van der Waals surface area contributed by atoms with Crippen LogP contribution in [0.15, 0.2) is 0 Å². The van der Waals surface area contributed by atoms with Crippen molar-refractivity contribution in [3.63, 3.8) is 0 Å². The third kappa shape index (κ3) is 33.0. The molecule has 0 aromatic carbocycles. The van der Waals surface area contributed by atoms with Gasteiger partial charge in [0.25, 0.3) is 0 Å². The molecule has 0 aliphatic carbocycles. The Morgan fingerprint density at radius 2 is 1.25 bits per heavy atom. The Morgan fingerprint density at radius 1 is 1.00 bits per heavy atom. The fourth-order valence-electron chi connectivity index (χ4n) is 0.351. The number of hydrogen-bond donors (Lipinski definition) is 2. The van der Waals surface area contributed by atoms with Gasteiger partial charge < -0.3 is 11.5 Å². The Bertz CT molecular complexity index is 115. The van der Waals surface area contributed by atoms with E-state index in [0.717, 1.165) is 0 Å². The monoisotopic (exact) mass is 219 g/mol. The molecule has 0 spiro atoms. The van der Waals surface area contributed by atoms with Crippen molar-refractivity contribution in [1.82, 2.24) is 0 Å². The van der Waals surface area contributed by atoms with Crippen LogP contribution in [0.1, 0.15) is 20.3 Å². The molecule has 0 saturated heterocycles. The summed E-state index contributed by atoms with van der Waals surface area (Å²) < 4.78 is 0. The Labute approximate surface area is 83.3 Å². The van der Waals surface area contributed by atoms with Gasteiger partial charge in [0.1, 0.15) is 11.6 Å². The van der Waals surface area contributed by atoms with Gasteiger partial charge in [-0.05, 0) is 13.8 Å². The molecule has 0 saturated carbocycles. The maximum absolute atomic E-state index is 10.0. The van der Waals surface area contributed by atoms with Crippen LogP contribution < -0.4 is 11.5 Å².